The molecule has 0 aliphatic heterocycles. The van der Waals surface area contributed by atoms with Gasteiger partial charge < -0.3 is 10.1 Å². The summed E-state index contributed by atoms with van der Waals surface area (Å²) in [5, 5.41) is 2.65. The van der Waals surface area contributed by atoms with Crippen molar-refractivity contribution in [2.75, 3.05) is 5.32 Å². The molecule has 7 nitrogen and oxygen atoms in total. The van der Waals surface area contributed by atoms with Gasteiger partial charge in [0, 0.05) is 24.1 Å². The van der Waals surface area contributed by atoms with Gasteiger partial charge in [-0.25, -0.2) is 19.3 Å². The van der Waals surface area contributed by atoms with Gasteiger partial charge in [0.2, 0.25) is 5.88 Å². The maximum atomic E-state index is 13.9. The molecule has 2 aromatic carbocycles. The number of carbonyl (C=O) groups excluding carboxylic acids is 1. The molecule has 0 saturated heterocycles. The highest BCUT2D eigenvalue weighted by Gasteiger charge is 2.15. The van der Waals surface area contributed by atoms with Crippen LogP contribution in [0.15, 0.2) is 73.6 Å². The largest absolute Gasteiger partial charge is 0.439 e. The molecule has 0 aliphatic carbocycles. The van der Waals surface area contributed by atoms with Crippen LogP contribution in [0.3, 0.4) is 0 Å². The van der Waals surface area contributed by atoms with E-state index in [1.807, 2.05) is 0 Å². The van der Waals surface area contributed by atoms with Gasteiger partial charge in [0.15, 0.2) is 0 Å². The fraction of sp³-hybridized carbons (Fsp3) is 0. The molecule has 0 aliphatic rings. The minimum absolute atomic E-state index is 0.0416. The van der Waals surface area contributed by atoms with E-state index in [0.29, 0.717) is 23.1 Å². The highest BCUT2D eigenvalue weighted by atomic mass is 35.5. The second-order valence-electron chi connectivity index (χ2n) is 5.86. The van der Waals surface area contributed by atoms with Crippen LogP contribution in [0.4, 0.5) is 10.1 Å². The van der Waals surface area contributed by atoms with Gasteiger partial charge in [0.25, 0.3) is 5.91 Å². The molecular weight excluding hydrogens is 397 g/mol. The van der Waals surface area contributed by atoms with Crippen LogP contribution >= 0.6 is 11.6 Å². The zero-order chi connectivity index (χ0) is 20.2. The molecule has 2 aromatic heterocycles. The Balaban J connectivity index is 1.46. The van der Waals surface area contributed by atoms with Crippen molar-refractivity contribution in [3.8, 4) is 17.4 Å². The van der Waals surface area contributed by atoms with E-state index in [0.717, 1.165) is 0 Å². The van der Waals surface area contributed by atoms with Gasteiger partial charge in [-0.2, -0.15) is 0 Å². The summed E-state index contributed by atoms with van der Waals surface area (Å²) in [4.78, 5) is 24.5. The van der Waals surface area contributed by atoms with Gasteiger partial charge in [-0.3, -0.25) is 9.36 Å². The lowest BCUT2D eigenvalue weighted by molar-refractivity contribution is 0.102. The molecular formula is C20H13ClFN5O2. The lowest BCUT2D eigenvalue weighted by atomic mass is 10.2. The van der Waals surface area contributed by atoms with Crippen molar-refractivity contribution in [2.24, 2.45) is 0 Å². The van der Waals surface area contributed by atoms with E-state index < -0.39 is 11.7 Å². The van der Waals surface area contributed by atoms with Crippen LogP contribution in [0.2, 0.25) is 5.02 Å². The third kappa shape index (κ3) is 4.22. The number of amides is 1. The van der Waals surface area contributed by atoms with Gasteiger partial charge in [0.1, 0.15) is 30.0 Å². The second-order valence-corrected chi connectivity index (χ2v) is 6.27. The molecule has 29 heavy (non-hydrogen) atoms. The van der Waals surface area contributed by atoms with Crippen molar-refractivity contribution in [1.82, 2.24) is 19.5 Å². The number of ether oxygens (including phenoxy) is 1. The first-order valence-corrected chi connectivity index (χ1v) is 8.81. The van der Waals surface area contributed by atoms with Crippen LogP contribution < -0.4 is 10.1 Å². The Kier molecular flexibility index (Phi) is 5.17. The summed E-state index contributed by atoms with van der Waals surface area (Å²) < 4.78 is 21.3. The highest BCUT2D eigenvalue weighted by molar-refractivity contribution is 6.34. The third-order valence-electron chi connectivity index (χ3n) is 3.92. The average Bonchev–Trinajstić information content (AvgIpc) is 3.25. The molecule has 0 atom stereocenters. The maximum absolute atomic E-state index is 13.9. The molecule has 1 N–H and O–H groups in total. The van der Waals surface area contributed by atoms with Crippen molar-refractivity contribution >= 4 is 23.2 Å². The number of rotatable bonds is 5. The van der Waals surface area contributed by atoms with E-state index in [4.69, 9.17) is 16.3 Å². The molecule has 144 valence electrons. The number of benzene rings is 2. The minimum Gasteiger partial charge on any atom is -0.439 e. The van der Waals surface area contributed by atoms with Crippen LogP contribution in [0.5, 0.6) is 11.6 Å². The third-order valence-corrected chi connectivity index (χ3v) is 4.24. The quantitative estimate of drug-likeness (QED) is 0.524. The van der Waals surface area contributed by atoms with Gasteiger partial charge in [-0.05, 0) is 36.4 Å². The van der Waals surface area contributed by atoms with Crippen molar-refractivity contribution in [3.63, 3.8) is 0 Å². The topological polar surface area (TPSA) is 81.9 Å². The number of hydrogen-bond acceptors (Lipinski definition) is 5. The number of nitrogens with one attached hydrogen (secondary N) is 1. The number of carbonyl (C=O) groups is 1. The number of hydrogen-bond donors (Lipinski definition) is 1. The molecule has 9 heteroatoms. The van der Waals surface area contributed by atoms with Crippen LogP contribution in [-0.4, -0.2) is 25.4 Å². The van der Waals surface area contributed by atoms with Gasteiger partial charge in [-0.15, -0.1) is 0 Å². The summed E-state index contributed by atoms with van der Waals surface area (Å²) in [6.45, 7) is 0. The maximum Gasteiger partial charge on any atom is 0.260 e. The highest BCUT2D eigenvalue weighted by Crippen LogP contribution is 2.24. The molecule has 4 rings (SSSR count). The lowest BCUT2D eigenvalue weighted by Gasteiger charge is -2.09. The number of anilines is 1. The summed E-state index contributed by atoms with van der Waals surface area (Å²) in [5.74, 6) is 0.133. The minimum atomic E-state index is -0.688. The fourth-order valence-corrected chi connectivity index (χ4v) is 2.81. The predicted octanol–water partition coefficient (Wildman–Crippen LogP) is 4.50. The van der Waals surface area contributed by atoms with E-state index in [9.17, 15) is 9.18 Å². The Bertz CT molecular complexity index is 1130. The van der Waals surface area contributed by atoms with Crippen LogP contribution in [-0.2, 0) is 0 Å². The SMILES string of the molecule is O=C(Nc1ccc(Oc2cc(-n3ccnc3)ncn2)cc1)c1c(F)cccc1Cl. The molecule has 2 heterocycles. The first-order valence-electron chi connectivity index (χ1n) is 8.44. The number of nitrogens with zero attached hydrogens (tertiary/aromatic N) is 4. The van der Waals surface area contributed by atoms with E-state index in [-0.39, 0.29) is 10.6 Å². The summed E-state index contributed by atoms with van der Waals surface area (Å²) in [6, 6.07) is 12.3. The monoisotopic (exact) mass is 409 g/mol. The first kappa shape index (κ1) is 18.6. The molecule has 0 saturated carbocycles. The van der Waals surface area contributed by atoms with Crippen molar-refractivity contribution in [2.45, 2.75) is 0 Å². The zero-order valence-corrected chi connectivity index (χ0v) is 15.5. The Hall–Kier alpha value is -3.78. The molecule has 0 spiro atoms. The number of aromatic nitrogens is 4. The normalized spacial score (nSPS) is 10.6. The Morgan fingerprint density at radius 2 is 1.97 bits per heavy atom. The summed E-state index contributed by atoms with van der Waals surface area (Å²) in [5.41, 5.74) is 0.256. The second kappa shape index (κ2) is 8.07. The van der Waals surface area contributed by atoms with Crippen LogP contribution in [0, 0.1) is 5.82 Å². The predicted molar refractivity (Wildman–Crippen MR) is 105 cm³/mol. The molecule has 1 amide bonds. The van der Waals surface area contributed by atoms with Gasteiger partial charge in [-0.1, -0.05) is 17.7 Å². The lowest BCUT2D eigenvalue weighted by Crippen LogP contribution is -2.14. The van der Waals surface area contributed by atoms with Gasteiger partial charge in [0.05, 0.1) is 10.6 Å². The van der Waals surface area contributed by atoms with Crippen molar-refractivity contribution in [1.29, 1.82) is 0 Å². The van der Waals surface area contributed by atoms with E-state index in [2.05, 4.69) is 20.3 Å². The molecule has 4 aromatic rings. The standard InChI is InChI=1S/C20H13ClFN5O2/c21-15-2-1-3-16(22)19(15)20(28)26-13-4-6-14(7-5-13)29-18-10-17(24-11-25-18)27-9-8-23-12-27/h1-12H,(H,26,28). The van der Waals surface area contributed by atoms with Crippen LogP contribution in [0.1, 0.15) is 10.4 Å². The average molecular weight is 410 g/mol. The van der Waals surface area contributed by atoms with Crippen LogP contribution in [0.25, 0.3) is 5.82 Å². The van der Waals surface area contributed by atoms with E-state index in [1.54, 1.807) is 53.6 Å². The van der Waals surface area contributed by atoms with Crippen molar-refractivity contribution < 1.29 is 13.9 Å². The molecule has 0 unspecified atom stereocenters. The smallest absolute Gasteiger partial charge is 0.260 e. The van der Waals surface area contributed by atoms with Gasteiger partial charge >= 0.3 is 0 Å². The molecule has 0 radical (unpaired) electrons. The first-order chi connectivity index (χ1) is 14.1. The zero-order valence-electron chi connectivity index (χ0n) is 14.8. The van der Waals surface area contributed by atoms with E-state index in [1.165, 1.54) is 24.5 Å². The Morgan fingerprint density at radius 1 is 1.14 bits per heavy atom. The van der Waals surface area contributed by atoms with Crippen molar-refractivity contribution in [3.05, 3.63) is 90.0 Å². The summed E-state index contributed by atoms with van der Waals surface area (Å²) in [7, 11) is 0. The fourth-order valence-electron chi connectivity index (χ4n) is 2.56. The molecule has 0 fully saturated rings. The number of halogens is 2. The summed E-state index contributed by atoms with van der Waals surface area (Å²) >= 11 is 5.92. The Morgan fingerprint density at radius 3 is 2.69 bits per heavy atom. The Labute approximate surface area is 169 Å². The van der Waals surface area contributed by atoms with E-state index >= 15 is 0 Å². The summed E-state index contributed by atoms with van der Waals surface area (Å²) in [6.07, 6.45) is 6.40. The molecule has 0 bridgehead atoms. The number of imidazole rings is 1.